The molecule has 2 rings (SSSR count). The Bertz CT molecular complexity index is 683. The van der Waals surface area contributed by atoms with Crippen molar-refractivity contribution in [3.63, 3.8) is 0 Å². The van der Waals surface area contributed by atoms with Crippen molar-refractivity contribution < 1.29 is 4.79 Å². The van der Waals surface area contributed by atoms with Crippen molar-refractivity contribution in [3.05, 3.63) is 19.0 Å². The van der Waals surface area contributed by atoms with Crippen LogP contribution >= 0.6 is 11.8 Å². The van der Waals surface area contributed by atoms with Crippen molar-refractivity contribution in [1.82, 2.24) is 19.7 Å². The molecule has 5 nitrogen and oxygen atoms in total. The summed E-state index contributed by atoms with van der Waals surface area (Å²) in [4.78, 5) is 20.8. The van der Waals surface area contributed by atoms with Crippen molar-refractivity contribution >= 4 is 34.2 Å². The van der Waals surface area contributed by atoms with Crippen LogP contribution in [0.2, 0.25) is 0 Å². The Morgan fingerprint density at radius 1 is 1.12 bits per heavy atom. The summed E-state index contributed by atoms with van der Waals surface area (Å²) in [6.45, 7) is 5.91. The third-order valence-corrected chi connectivity index (χ3v) is 4.99. The summed E-state index contributed by atoms with van der Waals surface area (Å²) in [5.74, 6) is 0. The van der Waals surface area contributed by atoms with Gasteiger partial charge in [0.25, 0.3) is 0 Å². The van der Waals surface area contributed by atoms with Crippen LogP contribution in [0.4, 0.5) is 0 Å². The van der Waals surface area contributed by atoms with E-state index in [0.29, 0.717) is 22.6 Å². The fourth-order valence-electron chi connectivity index (χ4n) is 2.75. The van der Waals surface area contributed by atoms with Crippen molar-refractivity contribution in [2.24, 2.45) is 0 Å². The first-order valence-electron chi connectivity index (χ1n) is 9.28. The summed E-state index contributed by atoms with van der Waals surface area (Å²) in [5.41, 5.74) is 1.34. The quantitative estimate of drug-likeness (QED) is 0.371. The lowest BCUT2D eigenvalue weighted by Gasteiger charge is -2.02. The Kier molecular flexibility index (Phi) is 8.66. The summed E-state index contributed by atoms with van der Waals surface area (Å²) < 4.78 is 1.57. The van der Waals surface area contributed by atoms with E-state index in [9.17, 15) is 4.79 Å². The minimum Gasteiger partial charge on any atom is -0.287 e. The third-order valence-electron chi connectivity index (χ3n) is 4.15. The molecular formula is C19H28N4OS. The number of rotatable bonds is 12. The molecule has 2 aromatic rings. The molecule has 136 valence electrons. The first-order chi connectivity index (χ1) is 12.2. The van der Waals surface area contributed by atoms with Gasteiger partial charge >= 0.3 is 0 Å². The average Bonchev–Trinajstić information content (AvgIpc) is 3.02. The van der Waals surface area contributed by atoms with Gasteiger partial charge in [0.2, 0.25) is 0 Å². The van der Waals surface area contributed by atoms with Gasteiger partial charge in [0.1, 0.15) is 10.5 Å². The summed E-state index contributed by atoms with van der Waals surface area (Å²) in [6, 6.07) is 0. The molecule has 0 fully saturated rings. The predicted molar refractivity (Wildman–Crippen MR) is 104 cm³/mol. The van der Waals surface area contributed by atoms with Gasteiger partial charge in [-0.3, -0.25) is 4.79 Å². The van der Waals surface area contributed by atoms with Crippen molar-refractivity contribution in [3.8, 4) is 0 Å². The highest BCUT2D eigenvalue weighted by atomic mass is 32.2. The van der Waals surface area contributed by atoms with E-state index in [1.807, 2.05) is 0 Å². The SMILES string of the molecule is C=Cn1ncc2nc(SC(=O)CCCCCCCCCCC)cnc21. The maximum Gasteiger partial charge on any atom is 0.195 e. The molecule has 0 amide bonds. The Balaban J connectivity index is 1.63. The van der Waals surface area contributed by atoms with E-state index in [1.54, 1.807) is 23.3 Å². The molecule has 6 heteroatoms. The van der Waals surface area contributed by atoms with Crippen LogP contribution in [-0.4, -0.2) is 24.9 Å². The Hall–Kier alpha value is -1.69. The predicted octanol–water partition coefficient (Wildman–Crippen LogP) is 5.47. The molecule has 2 heterocycles. The molecule has 0 aliphatic carbocycles. The number of hydrogen-bond donors (Lipinski definition) is 0. The lowest BCUT2D eigenvalue weighted by Crippen LogP contribution is -1.95. The van der Waals surface area contributed by atoms with Gasteiger partial charge < -0.3 is 0 Å². The van der Waals surface area contributed by atoms with Crippen LogP contribution in [0.1, 0.15) is 71.1 Å². The standard InChI is InChI=1S/C19H28N4OS/c1-3-5-6-7-8-9-10-11-12-13-18(24)25-17-15-20-19-16(22-17)14-21-23(19)4-2/h4,14-15H,2-3,5-13H2,1H3. The van der Waals surface area contributed by atoms with Gasteiger partial charge in [-0.1, -0.05) is 64.9 Å². The van der Waals surface area contributed by atoms with Crippen molar-refractivity contribution in [2.45, 2.75) is 76.2 Å². The van der Waals surface area contributed by atoms with E-state index < -0.39 is 0 Å². The van der Waals surface area contributed by atoms with Crippen LogP contribution in [0.15, 0.2) is 24.0 Å². The van der Waals surface area contributed by atoms with Crippen molar-refractivity contribution in [2.75, 3.05) is 0 Å². The highest BCUT2D eigenvalue weighted by molar-refractivity contribution is 8.13. The molecule has 0 aromatic carbocycles. The second kappa shape index (κ2) is 11.0. The van der Waals surface area contributed by atoms with Crippen molar-refractivity contribution in [1.29, 1.82) is 0 Å². The van der Waals surface area contributed by atoms with Gasteiger partial charge in [-0.05, 0) is 18.2 Å². The van der Waals surface area contributed by atoms with E-state index in [-0.39, 0.29) is 5.12 Å². The van der Waals surface area contributed by atoms with Gasteiger partial charge in [0.05, 0.1) is 12.4 Å². The zero-order chi connectivity index (χ0) is 17.9. The fraction of sp³-hybridized carbons (Fsp3) is 0.579. The topological polar surface area (TPSA) is 60.7 Å². The molecule has 0 saturated carbocycles. The largest absolute Gasteiger partial charge is 0.287 e. The number of nitrogens with zero attached hydrogens (tertiary/aromatic N) is 4. The highest BCUT2D eigenvalue weighted by Crippen LogP contribution is 2.21. The summed E-state index contributed by atoms with van der Waals surface area (Å²) >= 11 is 1.18. The van der Waals surface area contributed by atoms with E-state index in [1.165, 1.54) is 56.7 Å². The van der Waals surface area contributed by atoms with Gasteiger partial charge in [-0.25, -0.2) is 14.6 Å². The monoisotopic (exact) mass is 360 g/mol. The number of thioether (sulfide) groups is 1. The molecule has 0 aliphatic heterocycles. The second-order valence-electron chi connectivity index (χ2n) is 6.24. The molecule has 0 radical (unpaired) electrons. The van der Waals surface area contributed by atoms with Crippen LogP contribution in [-0.2, 0) is 4.79 Å². The van der Waals surface area contributed by atoms with E-state index in [0.717, 1.165) is 12.8 Å². The number of carbonyl (C=O) groups excluding carboxylic acids is 1. The maximum absolute atomic E-state index is 12.1. The number of hydrogen-bond acceptors (Lipinski definition) is 5. The number of aromatic nitrogens is 4. The first kappa shape index (κ1) is 19.6. The Morgan fingerprint density at radius 2 is 1.80 bits per heavy atom. The molecule has 0 saturated heterocycles. The second-order valence-corrected chi connectivity index (χ2v) is 7.32. The molecule has 0 aliphatic rings. The molecule has 0 atom stereocenters. The van der Waals surface area contributed by atoms with Crippen LogP contribution < -0.4 is 0 Å². The molecule has 0 unspecified atom stereocenters. The number of fused-ring (bicyclic) bond motifs is 1. The van der Waals surface area contributed by atoms with Gasteiger partial charge in [-0.2, -0.15) is 5.10 Å². The first-order valence-corrected chi connectivity index (χ1v) is 10.1. The minimum absolute atomic E-state index is 0.160. The van der Waals surface area contributed by atoms with E-state index in [4.69, 9.17) is 0 Å². The average molecular weight is 361 g/mol. The molecule has 25 heavy (non-hydrogen) atoms. The van der Waals surface area contributed by atoms with Crippen LogP contribution in [0.3, 0.4) is 0 Å². The highest BCUT2D eigenvalue weighted by Gasteiger charge is 2.09. The Labute approximate surface area is 154 Å². The molecule has 0 N–H and O–H groups in total. The molecule has 0 bridgehead atoms. The number of carbonyl (C=O) groups is 1. The van der Waals surface area contributed by atoms with Gasteiger partial charge in [0.15, 0.2) is 10.8 Å². The van der Waals surface area contributed by atoms with Crippen LogP contribution in [0.5, 0.6) is 0 Å². The fourth-order valence-corrected chi connectivity index (χ4v) is 3.47. The molecule has 2 aromatic heterocycles. The minimum atomic E-state index is 0.160. The van der Waals surface area contributed by atoms with Crippen LogP contribution in [0.25, 0.3) is 17.4 Å². The normalized spacial score (nSPS) is 11.1. The zero-order valence-corrected chi connectivity index (χ0v) is 15.9. The van der Waals surface area contributed by atoms with Gasteiger partial charge in [0, 0.05) is 12.6 Å². The Morgan fingerprint density at radius 3 is 2.48 bits per heavy atom. The molecule has 0 spiro atoms. The molecular weight excluding hydrogens is 332 g/mol. The smallest absolute Gasteiger partial charge is 0.195 e. The summed E-state index contributed by atoms with van der Waals surface area (Å²) in [5, 5.41) is 4.91. The number of unbranched alkanes of at least 4 members (excludes halogenated alkanes) is 8. The third kappa shape index (κ3) is 6.61. The van der Waals surface area contributed by atoms with Gasteiger partial charge in [-0.15, -0.1) is 0 Å². The summed E-state index contributed by atoms with van der Waals surface area (Å²) in [6.07, 6.45) is 16.8. The lowest BCUT2D eigenvalue weighted by molar-refractivity contribution is -0.111. The van der Waals surface area contributed by atoms with Crippen LogP contribution in [0, 0.1) is 0 Å². The lowest BCUT2D eigenvalue weighted by atomic mass is 10.1. The maximum atomic E-state index is 12.1. The summed E-state index contributed by atoms with van der Waals surface area (Å²) in [7, 11) is 0. The zero-order valence-electron chi connectivity index (χ0n) is 15.1. The van der Waals surface area contributed by atoms with E-state index in [2.05, 4.69) is 28.6 Å². The van der Waals surface area contributed by atoms with E-state index >= 15 is 0 Å².